The standard InChI is InChI=1S/C9H7ClO3/c10-8-6-1-2-13-7(6)3-5(4-11)9(8)12/h3-4,12H,1-2H2. The number of carbonyl (C=O) groups is 1. The van der Waals surface area contributed by atoms with Crippen LogP contribution >= 0.6 is 11.6 Å². The molecule has 0 radical (unpaired) electrons. The summed E-state index contributed by atoms with van der Waals surface area (Å²) in [7, 11) is 0. The molecule has 0 saturated carbocycles. The van der Waals surface area contributed by atoms with Gasteiger partial charge in [0, 0.05) is 12.0 Å². The topological polar surface area (TPSA) is 46.5 Å². The number of aldehydes is 1. The highest BCUT2D eigenvalue weighted by atomic mass is 35.5. The van der Waals surface area contributed by atoms with Crippen LogP contribution in [0.25, 0.3) is 0 Å². The minimum absolute atomic E-state index is 0.152. The lowest BCUT2D eigenvalue weighted by Gasteiger charge is -2.05. The lowest BCUT2D eigenvalue weighted by molar-refractivity contribution is 0.112. The van der Waals surface area contributed by atoms with Crippen LogP contribution in [-0.4, -0.2) is 18.0 Å². The highest BCUT2D eigenvalue weighted by Crippen LogP contribution is 2.39. The summed E-state index contributed by atoms with van der Waals surface area (Å²) < 4.78 is 5.22. The Bertz CT molecular complexity index is 374. The number of ether oxygens (including phenoxy) is 1. The van der Waals surface area contributed by atoms with Gasteiger partial charge in [-0.05, 0) is 6.07 Å². The SMILES string of the molecule is O=Cc1cc2c(c(Cl)c1O)CCO2. The normalized spacial score (nSPS) is 13.6. The van der Waals surface area contributed by atoms with Crippen molar-refractivity contribution in [2.45, 2.75) is 6.42 Å². The van der Waals surface area contributed by atoms with Crippen LogP contribution in [0.3, 0.4) is 0 Å². The van der Waals surface area contributed by atoms with E-state index in [4.69, 9.17) is 16.3 Å². The number of halogens is 1. The molecule has 4 heteroatoms. The van der Waals surface area contributed by atoms with Crippen molar-refractivity contribution in [2.24, 2.45) is 0 Å². The van der Waals surface area contributed by atoms with Gasteiger partial charge in [-0.1, -0.05) is 11.6 Å². The second kappa shape index (κ2) is 2.92. The molecule has 0 aliphatic carbocycles. The van der Waals surface area contributed by atoms with E-state index in [1.54, 1.807) is 0 Å². The third-order valence-electron chi connectivity index (χ3n) is 2.07. The van der Waals surface area contributed by atoms with Gasteiger partial charge in [0.1, 0.15) is 11.5 Å². The number of rotatable bonds is 1. The Balaban J connectivity index is 2.68. The smallest absolute Gasteiger partial charge is 0.153 e. The largest absolute Gasteiger partial charge is 0.506 e. The number of phenolic OH excluding ortho intramolecular Hbond substituents is 1. The fraction of sp³-hybridized carbons (Fsp3) is 0.222. The number of fused-ring (bicyclic) bond motifs is 1. The molecular formula is C9H7ClO3. The Morgan fingerprint density at radius 3 is 3.08 bits per heavy atom. The molecule has 1 aromatic carbocycles. The summed E-state index contributed by atoms with van der Waals surface area (Å²) in [4.78, 5) is 10.5. The molecule has 0 fully saturated rings. The average Bonchev–Trinajstić information content (AvgIpc) is 2.59. The summed E-state index contributed by atoms with van der Waals surface area (Å²) in [5.74, 6) is 0.450. The second-order valence-corrected chi connectivity index (χ2v) is 3.20. The molecule has 1 aliphatic heterocycles. The Morgan fingerprint density at radius 1 is 1.62 bits per heavy atom. The fourth-order valence-corrected chi connectivity index (χ4v) is 1.69. The van der Waals surface area contributed by atoms with Gasteiger partial charge in [-0.25, -0.2) is 0 Å². The number of phenols is 1. The zero-order valence-corrected chi connectivity index (χ0v) is 7.47. The highest BCUT2D eigenvalue weighted by molar-refractivity contribution is 6.33. The third kappa shape index (κ3) is 1.16. The monoisotopic (exact) mass is 198 g/mol. The molecule has 0 saturated heterocycles. The molecular weight excluding hydrogens is 192 g/mol. The van der Waals surface area contributed by atoms with E-state index < -0.39 is 0 Å². The molecule has 0 atom stereocenters. The van der Waals surface area contributed by atoms with E-state index in [0.717, 1.165) is 5.56 Å². The molecule has 1 aliphatic rings. The summed E-state index contributed by atoms with van der Waals surface area (Å²) in [6, 6.07) is 1.51. The van der Waals surface area contributed by atoms with Crippen molar-refractivity contribution in [3.05, 3.63) is 22.2 Å². The number of benzene rings is 1. The highest BCUT2D eigenvalue weighted by Gasteiger charge is 2.20. The summed E-state index contributed by atoms with van der Waals surface area (Å²) in [5.41, 5.74) is 0.954. The maximum Gasteiger partial charge on any atom is 0.153 e. The van der Waals surface area contributed by atoms with E-state index >= 15 is 0 Å². The van der Waals surface area contributed by atoms with Gasteiger partial charge >= 0.3 is 0 Å². The van der Waals surface area contributed by atoms with Crippen LogP contribution in [0.1, 0.15) is 15.9 Å². The van der Waals surface area contributed by atoms with Crippen molar-refractivity contribution in [2.75, 3.05) is 6.61 Å². The molecule has 1 heterocycles. The van der Waals surface area contributed by atoms with Gasteiger partial charge in [0.2, 0.25) is 0 Å². The first kappa shape index (κ1) is 8.38. The fourth-order valence-electron chi connectivity index (χ4n) is 1.39. The van der Waals surface area contributed by atoms with E-state index in [-0.39, 0.29) is 16.3 Å². The van der Waals surface area contributed by atoms with Crippen molar-refractivity contribution in [1.82, 2.24) is 0 Å². The van der Waals surface area contributed by atoms with Crippen LogP contribution in [0, 0.1) is 0 Å². The minimum Gasteiger partial charge on any atom is -0.506 e. The van der Waals surface area contributed by atoms with Crippen LogP contribution in [-0.2, 0) is 6.42 Å². The maximum atomic E-state index is 10.5. The van der Waals surface area contributed by atoms with Gasteiger partial charge in [-0.2, -0.15) is 0 Å². The van der Waals surface area contributed by atoms with Crippen LogP contribution < -0.4 is 4.74 Å². The van der Waals surface area contributed by atoms with Gasteiger partial charge in [0.15, 0.2) is 6.29 Å². The lowest BCUT2D eigenvalue weighted by atomic mass is 10.1. The zero-order chi connectivity index (χ0) is 9.42. The van der Waals surface area contributed by atoms with Crippen molar-refractivity contribution in [3.8, 4) is 11.5 Å². The average molecular weight is 199 g/mol. The molecule has 0 amide bonds. The van der Waals surface area contributed by atoms with E-state index in [0.29, 0.717) is 25.1 Å². The van der Waals surface area contributed by atoms with Crippen LogP contribution in [0.2, 0.25) is 5.02 Å². The molecule has 2 rings (SSSR count). The minimum atomic E-state index is -0.152. The molecule has 0 aromatic heterocycles. The van der Waals surface area contributed by atoms with Gasteiger partial charge < -0.3 is 9.84 Å². The van der Waals surface area contributed by atoms with E-state index in [1.165, 1.54) is 6.07 Å². The summed E-state index contributed by atoms with van der Waals surface area (Å²) in [5, 5.41) is 9.68. The lowest BCUT2D eigenvalue weighted by Crippen LogP contribution is -1.87. The number of carbonyl (C=O) groups excluding carboxylic acids is 1. The van der Waals surface area contributed by atoms with E-state index in [9.17, 15) is 9.90 Å². The Kier molecular flexibility index (Phi) is 1.88. The van der Waals surface area contributed by atoms with E-state index in [2.05, 4.69) is 0 Å². The summed E-state index contributed by atoms with van der Waals surface area (Å²) >= 11 is 5.83. The number of hydrogen-bond donors (Lipinski definition) is 1. The van der Waals surface area contributed by atoms with Gasteiger partial charge in [-0.15, -0.1) is 0 Å². The first-order valence-corrected chi connectivity index (χ1v) is 4.24. The van der Waals surface area contributed by atoms with Crippen molar-refractivity contribution in [1.29, 1.82) is 0 Å². The zero-order valence-electron chi connectivity index (χ0n) is 6.71. The Hall–Kier alpha value is -1.22. The van der Waals surface area contributed by atoms with Crippen LogP contribution in [0.4, 0.5) is 0 Å². The first-order valence-electron chi connectivity index (χ1n) is 3.86. The van der Waals surface area contributed by atoms with Gasteiger partial charge in [-0.3, -0.25) is 4.79 Å². The maximum absolute atomic E-state index is 10.5. The molecule has 0 spiro atoms. The van der Waals surface area contributed by atoms with Gasteiger partial charge in [0.25, 0.3) is 0 Å². The third-order valence-corrected chi connectivity index (χ3v) is 2.47. The quantitative estimate of drug-likeness (QED) is 0.700. The molecule has 13 heavy (non-hydrogen) atoms. The van der Waals surface area contributed by atoms with Crippen LogP contribution in [0.5, 0.6) is 11.5 Å². The Labute approximate surface area is 79.9 Å². The summed E-state index contributed by atoms with van der Waals surface area (Å²) in [6.07, 6.45) is 1.24. The van der Waals surface area contributed by atoms with Gasteiger partial charge in [0.05, 0.1) is 17.2 Å². The van der Waals surface area contributed by atoms with Crippen molar-refractivity contribution < 1.29 is 14.6 Å². The first-order chi connectivity index (χ1) is 6.24. The predicted molar refractivity (Wildman–Crippen MR) is 47.7 cm³/mol. The Morgan fingerprint density at radius 2 is 2.38 bits per heavy atom. The van der Waals surface area contributed by atoms with Crippen molar-refractivity contribution >= 4 is 17.9 Å². The molecule has 68 valence electrons. The summed E-state index contributed by atoms with van der Waals surface area (Å²) in [6.45, 7) is 0.552. The second-order valence-electron chi connectivity index (χ2n) is 2.82. The molecule has 3 nitrogen and oxygen atoms in total. The number of aromatic hydroxyl groups is 1. The van der Waals surface area contributed by atoms with Crippen LogP contribution in [0.15, 0.2) is 6.07 Å². The molecule has 0 unspecified atom stereocenters. The molecule has 1 aromatic rings. The molecule has 1 N–H and O–H groups in total. The van der Waals surface area contributed by atoms with E-state index in [1.807, 2.05) is 0 Å². The predicted octanol–water partition coefficient (Wildman–Crippen LogP) is 1.79. The number of hydrogen-bond acceptors (Lipinski definition) is 3. The van der Waals surface area contributed by atoms with Crippen molar-refractivity contribution in [3.63, 3.8) is 0 Å². The molecule has 0 bridgehead atoms.